The third-order valence-corrected chi connectivity index (χ3v) is 4.27. The molecule has 3 rings (SSSR count). The summed E-state index contributed by atoms with van der Waals surface area (Å²) < 4.78 is 15.2. The van der Waals surface area contributed by atoms with Crippen LogP contribution in [0.3, 0.4) is 0 Å². The second-order valence-electron chi connectivity index (χ2n) is 5.57. The molecule has 3 nitrogen and oxygen atoms in total. The lowest BCUT2D eigenvalue weighted by Crippen LogP contribution is -2.24. The second kappa shape index (κ2) is 5.37. The summed E-state index contributed by atoms with van der Waals surface area (Å²) in [4.78, 5) is 4.52. The van der Waals surface area contributed by atoms with Gasteiger partial charge >= 0.3 is 0 Å². The number of imidazole rings is 1. The van der Waals surface area contributed by atoms with E-state index >= 15 is 0 Å². The number of hydrogen-bond acceptors (Lipinski definition) is 2. The van der Waals surface area contributed by atoms with E-state index in [1.54, 1.807) is 12.1 Å². The summed E-state index contributed by atoms with van der Waals surface area (Å²) in [5.41, 5.74) is 9.84. The molecule has 0 radical (unpaired) electrons. The normalized spacial score (nSPS) is 17.6. The molecule has 0 bridgehead atoms. The lowest BCUT2D eigenvalue weighted by Gasteiger charge is -2.25. The zero-order valence-electron chi connectivity index (χ0n) is 11.7. The Morgan fingerprint density at radius 3 is 2.65 bits per heavy atom. The number of benzene rings is 1. The summed E-state index contributed by atoms with van der Waals surface area (Å²) in [7, 11) is 0. The first-order valence-electron chi connectivity index (χ1n) is 7.22. The van der Waals surface area contributed by atoms with Gasteiger partial charge in [-0.25, -0.2) is 9.37 Å². The highest BCUT2D eigenvalue weighted by Gasteiger charge is 2.22. The molecule has 1 aliphatic carbocycles. The minimum absolute atomic E-state index is 0.120. The van der Waals surface area contributed by atoms with E-state index in [0.717, 1.165) is 18.4 Å². The van der Waals surface area contributed by atoms with Crippen LogP contribution in [-0.4, -0.2) is 9.55 Å². The summed E-state index contributed by atoms with van der Waals surface area (Å²) in [6, 6.07) is 6.42. The number of hydrogen-bond donors (Lipinski definition) is 1. The molecule has 0 saturated carbocycles. The third-order valence-electron chi connectivity index (χ3n) is 4.27. The number of fused-ring (bicyclic) bond motifs is 1. The first-order chi connectivity index (χ1) is 9.66. The molecule has 2 N–H and O–H groups in total. The molecule has 0 fully saturated rings. The molecule has 1 aliphatic rings. The van der Waals surface area contributed by atoms with Gasteiger partial charge in [0.2, 0.25) is 0 Å². The van der Waals surface area contributed by atoms with E-state index in [0.29, 0.717) is 0 Å². The smallest absolute Gasteiger partial charge is 0.123 e. The predicted octanol–water partition coefficient (Wildman–Crippen LogP) is 3.16. The van der Waals surface area contributed by atoms with Crippen molar-refractivity contribution in [2.45, 2.75) is 44.7 Å². The largest absolute Gasteiger partial charge is 0.330 e. The van der Waals surface area contributed by atoms with E-state index in [1.165, 1.54) is 36.4 Å². The molecule has 20 heavy (non-hydrogen) atoms. The zero-order valence-corrected chi connectivity index (χ0v) is 11.7. The maximum Gasteiger partial charge on any atom is 0.123 e. The maximum absolute atomic E-state index is 13.0. The Bertz CT molecular complexity index is 588. The van der Waals surface area contributed by atoms with Gasteiger partial charge in [0.15, 0.2) is 0 Å². The van der Waals surface area contributed by atoms with Gasteiger partial charge in [0.05, 0.1) is 24.1 Å². The SMILES string of the molecule is CC(C(N)c1ccc(F)cc1)n1cnc2c1CCCC2. The molecule has 0 amide bonds. The van der Waals surface area contributed by atoms with Crippen LogP contribution in [0.1, 0.15) is 48.8 Å². The van der Waals surface area contributed by atoms with Gasteiger partial charge in [-0.3, -0.25) is 0 Å². The quantitative estimate of drug-likeness (QED) is 0.933. The molecule has 4 heteroatoms. The van der Waals surface area contributed by atoms with Crippen LogP contribution in [0, 0.1) is 5.82 Å². The minimum Gasteiger partial charge on any atom is -0.330 e. The summed E-state index contributed by atoms with van der Waals surface area (Å²) >= 11 is 0. The molecule has 2 unspecified atom stereocenters. The van der Waals surface area contributed by atoms with E-state index in [-0.39, 0.29) is 17.9 Å². The monoisotopic (exact) mass is 273 g/mol. The van der Waals surface area contributed by atoms with Crippen molar-refractivity contribution in [3.05, 3.63) is 53.4 Å². The van der Waals surface area contributed by atoms with Crippen LogP contribution < -0.4 is 5.73 Å². The van der Waals surface area contributed by atoms with E-state index in [4.69, 9.17) is 5.73 Å². The second-order valence-corrected chi connectivity index (χ2v) is 5.57. The van der Waals surface area contributed by atoms with Gasteiger partial charge in [0.1, 0.15) is 5.82 Å². The number of rotatable bonds is 3. The molecular formula is C16H20FN3. The van der Waals surface area contributed by atoms with Crippen LogP contribution in [0.4, 0.5) is 4.39 Å². The van der Waals surface area contributed by atoms with Crippen LogP contribution in [0.2, 0.25) is 0 Å². The molecule has 0 saturated heterocycles. The van der Waals surface area contributed by atoms with Gasteiger partial charge in [-0.1, -0.05) is 12.1 Å². The molecule has 0 spiro atoms. The molecule has 1 aromatic heterocycles. The van der Waals surface area contributed by atoms with Gasteiger partial charge in [0, 0.05) is 5.69 Å². The lowest BCUT2D eigenvalue weighted by molar-refractivity contribution is 0.434. The summed E-state index contributed by atoms with van der Waals surface area (Å²) in [5, 5.41) is 0. The third kappa shape index (κ3) is 2.36. The fraction of sp³-hybridized carbons (Fsp3) is 0.438. The lowest BCUT2D eigenvalue weighted by atomic mass is 9.98. The van der Waals surface area contributed by atoms with Crippen LogP contribution in [0.25, 0.3) is 0 Å². The van der Waals surface area contributed by atoms with Crippen molar-refractivity contribution in [1.29, 1.82) is 0 Å². The fourth-order valence-corrected chi connectivity index (χ4v) is 2.98. The van der Waals surface area contributed by atoms with Crippen molar-refractivity contribution in [2.75, 3.05) is 0 Å². The van der Waals surface area contributed by atoms with Crippen molar-refractivity contribution in [1.82, 2.24) is 9.55 Å². The molecule has 1 aromatic carbocycles. The summed E-state index contributed by atoms with van der Waals surface area (Å²) in [6.45, 7) is 2.10. The minimum atomic E-state index is -0.228. The molecular weight excluding hydrogens is 253 g/mol. The molecule has 106 valence electrons. The average Bonchev–Trinajstić information content (AvgIpc) is 2.90. The van der Waals surface area contributed by atoms with E-state index in [9.17, 15) is 4.39 Å². The van der Waals surface area contributed by atoms with Crippen molar-refractivity contribution in [2.24, 2.45) is 5.73 Å². The van der Waals surface area contributed by atoms with E-state index < -0.39 is 0 Å². The molecule has 1 heterocycles. The first-order valence-corrected chi connectivity index (χ1v) is 7.22. The molecule has 0 aliphatic heterocycles. The Kier molecular flexibility index (Phi) is 3.57. The van der Waals surface area contributed by atoms with Gasteiger partial charge in [-0.15, -0.1) is 0 Å². The van der Waals surface area contributed by atoms with Crippen LogP contribution in [0.5, 0.6) is 0 Å². The Morgan fingerprint density at radius 2 is 1.90 bits per heavy atom. The van der Waals surface area contributed by atoms with Gasteiger partial charge in [0.25, 0.3) is 0 Å². The first kappa shape index (κ1) is 13.3. The van der Waals surface area contributed by atoms with Crippen molar-refractivity contribution in [3.63, 3.8) is 0 Å². The number of halogens is 1. The molecule has 2 aromatic rings. The Balaban J connectivity index is 1.86. The van der Waals surface area contributed by atoms with Crippen molar-refractivity contribution >= 4 is 0 Å². The zero-order chi connectivity index (χ0) is 14.1. The van der Waals surface area contributed by atoms with E-state index in [2.05, 4.69) is 16.5 Å². The average molecular weight is 273 g/mol. The van der Waals surface area contributed by atoms with Crippen LogP contribution in [0.15, 0.2) is 30.6 Å². The Morgan fingerprint density at radius 1 is 1.20 bits per heavy atom. The maximum atomic E-state index is 13.0. The standard InChI is InChI=1S/C16H20FN3/c1-11(16(18)12-6-8-13(17)9-7-12)20-10-19-14-4-2-3-5-15(14)20/h6-11,16H,2-5,18H2,1H3. The Hall–Kier alpha value is -1.68. The Labute approximate surface area is 118 Å². The van der Waals surface area contributed by atoms with Crippen LogP contribution >= 0.6 is 0 Å². The number of nitrogens with zero attached hydrogens (tertiary/aromatic N) is 2. The molecule has 2 atom stereocenters. The summed E-state index contributed by atoms with van der Waals surface area (Å²) in [5.74, 6) is -0.228. The number of aryl methyl sites for hydroxylation is 1. The van der Waals surface area contributed by atoms with Gasteiger partial charge in [-0.05, 0) is 50.3 Å². The number of nitrogens with two attached hydrogens (primary N) is 1. The highest BCUT2D eigenvalue weighted by molar-refractivity contribution is 5.23. The highest BCUT2D eigenvalue weighted by Crippen LogP contribution is 2.29. The fourth-order valence-electron chi connectivity index (χ4n) is 2.98. The van der Waals surface area contributed by atoms with Crippen LogP contribution in [-0.2, 0) is 12.8 Å². The van der Waals surface area contributed by atoms with Gasteiger partial charge < -0.3 is 10.3 Å². The van der Waals surface area contributed by atoms with Crippen molar-refractivity contribution < 1.29 is 4.39 Å². The highest BCUT2D eigenvalue weighted by atomic mass is 19.1. The van der Waals surface area contributed by atoms with E-state index in [1.807, 2.05) is 6.33 Å². The topological polar surface area (TPSA) is 43.8 Å². The summed E-state index contributed by atoms with van der Waals surface area (Å²) in [6.07, 6.45) is 6.50. The predicted molar refractivity (Wildman–Crippen MR) is 76.9 cm³/mol. The van der Waals surface area contributed by atoms with Gasteiger partial charge in [-0.2, -0.15) is 0 Å². The van der Waals surface area contributed by atoms with Crippen molar-refractivity contribution in [3.8, 4) is 0 Å². The number of aromatic nitrogens is 2.